The Balaban J connectivity index is 1.22. The molecule has 0 saturated heterocycles. The third-order valence-electron chi connectivity index (χ3n) is 6.90. The molecule has 5 rings (SSSR count). The van der Waals surface area contributed by atoms with E-state index in [1.54, 1.807) is 30.9 Å². The number of aromatic amines is 1. The summed E-state index contributed by atoms with van der Waals surface area (Å²) >= 11 is 0. The number of hydrogen-bond donors (Lipinski definition) is 1. The number of aromatic nitrogens is 4. The van der Waals surface area contributed by atoms with Gasteiger partial charge in [-0.3, -0.25) is 9.47 Å². The Bertz CT molecular complexity index is 1230. The number of ether oxygens (including phenoxy) is 1. The summed E-state index contributed by atoms with van der Waals surface area (Å²) in [4.78, 5) is 6.05. The van der Waals surface area contributed by atoms with E-state index in [0.29, 0.717) is 0 Å². The Hall–Kier alpha value is -3.22. The largest absolute Gasteiger partial charge is 0.384 e. The fourth-order valence-corrected chi connectivity index (χ4v) is 5.02. The van der Waals surface area contributed by atoms with Crippen LogP contribution in [0.1, 0.15) is 30.4 Å². The van der Waals surface area contributed by atoms with Gasteiger partial charge >= 0.3 is 0 Å². The average molecular weight is 456 g/mol. The highest BCUT2D eigenvalue weighted by Crippen LogP contribution is 2.26. The molecule has 0 saturated carbocycles. The smallest absolute Gasteiger partial charge is 0.123 e. The molecule has 6 heteroatoms. The normalized spacial score (nSPS) is 14.9. The summed E-state index contributed by atoms with van der Waals surface area (Å²) in [5.41, 5.74) is 8.24. The summed E-state index contributed by atoms with van der Waals surface area (Å²) in [5.74, 6) is 0. The molecule has 0 spiro atoms. The molecule has 0 unspecified atom stereocenters. The van der Waals surface area contributed by atoms with Crippen LogP contribution in [0.25, 0.3) is 16.6 Å². The van der Waals surface area contributed by atoms with E-state index in [1.165, 1.54) is 22.0 Å². The van der Waals surface area contributed by atoms with Gasteiger partial charge in [-0.15, -0.1) is 10.2 Å². The molecule has 1 N–H and O–H groups in total. The molecule has 0 atom stereocenters. The van der Waals surface area contributed by atoms with Crippen molar-refractivity contribution >= 4 is 10.9 Å². The van der Waals surface area contributed by atoms with Crippen molar-refractivity contribution in [1.82, 2.24) is 24.6 Å². The fraction of sp³-hybridized carbons (Fsp3) is 0.357. The SMILES string of the molecule is COCCC1=C(Cc2ccccc2)CCN(CCCc2c[nH]c3ccc(-n4cnnc4)cc23)C1. The lowest BCUT2D eigenvalue weighted by molar-refractivity contribution is 0.195. The van der Waals surface area contributed by atoms with Gasteiger partial charge in [-0.25, -0.2) is 0 Å². The lowest BCUT2D eigenvalue weighted by Gasteiger charge is -2.31. The summed E-state index contributed by atoms with van der Waals surface area (Å²) in [7, 11) is 1.80. The predicted molar refractivity (Wildman–Crippen MR) is 136 cm³/mol. The number of hydrogen-bond acceptors (Lipinski definition) is 4. The summed E-state index contributed by atoms with van der Waals surface area (Å²) in [6, 6.07) is 17.3. The van der Waals surface area contributed by atoms with Gasteiger partial charge in [-0.2, -0.15) is 0 Å². The van der Waals surface area contributed by atoms with Crippen molar-refractivity contribution in [2.75, 3.05) is 33.4 Å². The first kappa shape index (κ1) is 22.6. The maximum atomic E-state index is 5.42. The van der Waals surface area contributed by atoms with Crippen molar-refractivity contribution in [3.8, 4) is 5.69 Å². The molecule has 0 amide bonds. The molecular weight excluding hydrogens is 422 g/mol. The Morgan fingerprint density at radius 3 is 2.68 bits per heavy atom. The second-order valence-corrected chi connectivity index (χ2v) is 9.15. The second kappa shape index (κ2) is 10.8. The number of nitrogens with one attached hydrogen (secondary N) is 1. The molecule has 3 heterocycles. The first-order valence-electron chi connectivity index (χ1n) is 12.2. The topological polar surface area (TPSA) is 59.0 Å². The van der Waals surface area contributed by atoms with Crippen molar-refractivity contribution in [2.45, 2.75) is 32.1 Å². The highest BCUT2D eigenvalue weighted by atomic mass is 16.5. The zero-order valence-corrected chi connectivity index (χ0v) is 19.9. The van der Waals surface area contributed by atoms with Gasteiger partial charge in [0.2, 0.25) is 0 Å². The van der Waals surface area contributed by atoms with E-state index < -0.39 is 0 Å². The van der Waals surface area contributed by atoms with Gasteiger partial charge in [0.05, 0.1) is 0 Å². The molecule has 0 bridgehead atoms. The van der Waals surface area contributed by atoms with Crippen LogP contribution in [0.5, 0.6) is 0 Å². The van der Waals surface area contributed by atoms with Crippen LogP contribution in [-0.4, -0.2) is 58.0 Å². The number of fused-ring (bicyclic) bond motifs is 1. The summed E-state index contributed by atoms with van der Waals surface area (Å²) in [6.07, 6.45) is 11.1. The van der Waals surface area contributed by atoms with Crippen LogP contribution >= 0.6 is 0 Å². The molecule has 2 aromatic heterocycles. The van der Waals surface area contributed by atoms with Gasteiger partial charge < -0.3 is 9.72 Å². The van der Waals surface area contributed by atoms with Crippen LogP contribution in [0.4, 0.5) is 0 Å². The van der Waals surface area contributed by atoms with Crippen LogP contribution in [-0.2, 0) is 17.6 Å². The first-order chi connectivity index (χ1) is 16.8. The molecule has 1 aliphatic heterocycles. The zero-order valence-electron chi connectivity index (χ0n) is 19.9. The van der Waals surface area contributed by atoms with E-state index in [2.05, 4.69) is 74.8 Å². The summed E-state index contributed by atoms with van der Waals surface area (Å²) in [5, 5.41) is 9.15. The maximum Gasteiger partial charge on any atom is 0.123 e. The Morgan fingerprint density at radius 2 is 1.85 bits per heavy atom. The minimum Gasteiger partial charge on any atom is -0.384 e. The van der Waals surface area contributed by atoms with E-state index in [1.807, 2.05) is 4.57 Å². The standard InChI is InChI=1S/C28H33N5O/c1-34-15-12-25-19-32(14-11-23(25)16-22-6-3-2-4-7-22)13-5-8-24-18-29-28-10-9-26(17-27(24)28)33-20-30-31-21-33/h2-4,6-7,9-10,17-18,20-21,29H,5,8,11-16,19H2,1H3. The molecule has 6 nitrogen and oxygen atoms in total. The number of rotatable bonds is 10. The first-order valence-corrected chi connectivity index (χ1v) is 12.2. The van der Waals surface area contributed by atoms with Gasteiger partial charge in [-0.1, -0.05) is 41.5 Å². The highest BCUT2D eigenvalue weighted by molar-refractivity contribution is 5.85. The van der Waals surface area contributed by atoms with Crippen LogP contribution in [0.3, 0.4) is 0 Å². The highest BCUT2D eigenvalue weighted by Gasteiger charge is 2.19. The number of methoxy groups -OCH3 is 1. The monoisotopic (exact) mass is 455 g/mol. The van der Waals surface area contributed by atoms with Crippen molar-refractivity contribution in [3.63, 3.8) is 0 Å². The van der Waals surface area contributed by atoms with Crippen LogP contribution in [0, 0.1) is 0 Å². The molecular formula is C28H33N5O. The van der Waals surface area contributed by atoms with Gasteiger partial charge in [0.15, 0.2) is 0 Å². The zero-order chi connectivity index (χ0) is 23.2. The summed E-state index contributed by atoms with van der Waals surface area (Å²) < 4.78 is 7.37. The van der Waals surface area contributed by atoms with E-state index in [4.69, 9.17) is 4.74 Å². The third kappa shape index (κ3) is 5.29. The lowest BCUT2D eigenvalue weighted by Crippen LogP contribution is -2.33. The van der Waals surface area contributed by atoms with E-state index in [0.717, 1.165) is 64.0 Å². The van der Waals surface area contributed by atoms with Gasteiger partial charge in [-0.05, 0) is 68.0 Å². The molecule has 4 aromatic rings. The minimum atomic E-state index is 0.797. The Kier molecular flexibility index (Phi) is 7.17. The van der Waals surface area contributed by atoms with Crippen molar-refractivity contribution in [2.24, 2.45) is 0 Å². The average Bonchev–Trinajstić information content (AvgIpc) is 3.55. The molecule has 0 aliphatic carbocycles. The van der Waals surface area contributed by atoms with Crippen LogP contribution in [0.2, 0.25) is 0 Å². The van der Waals surface area contributed by atoms with E-state index in [-0.39, 0.29) is 0 Å². The van der Waals surface area contributed by atoms with Gasteiger partial charge in [0, 0.05) is 49.6 Å². The second-order valence-electron chi connectivity index (χ2n) is 9.15. The minimum absolute atomic E-state index is 0.797. The van der Waals surface area contributed by atoms with Crippen molar-refractivity contribution in [3.05, 3.63) is 89.7 Å². The Labute approximate surface area is 201 Å². The Morgan fingerprint density at radius 1 is 1.00 bits per heavy atom. The van der Waals surface area contributed by atoms with Crippen molar-refractivity contribution < 1.29 is 4.74 Å². The molecule has 1 aliphatic rings. The fourth-order valence-electron chi connectivity index (χ4n) is 5.02. The van der Waals surface area contributed by atoms with E-state index in [9.17, 15) is 0 Å². The number of aryl methyl sites for hydroxylation is 1. The maximum absolute atomic E-state index is 5.42. The molecule has 176 valence electrons. The van der Waals surface area contributed by atoms with Gasteiger partial charge in [0.25, 0.3) is 0 Å². The quantitative estimate of drug-likeness (QED) is 0.343. The van der Waals surface area contributed by atoms with Crippen LogP contribution in [0.15, 0.2) is 78.5 Å². The molecule has 0 radical (unpaired) electrons. The van der Waals surface area contributed by atoms with Gasteiger partial charge in [0.1, 0.15) is 12.7 Å². The molecule has 34 heavy (non-hydrogen) atoms. The van der Waals surface area contributed by atoms with Crippen LogP contribution < -0.4 is 0 Å². The third-order valence-corrected chi connectivity index (χ3v) is 6.90. The van der Waals surface area contributed by atoms with E-state index >= 15 is 0 Å². The van der Waals surface area contributed by atoms with Crippen molar-refractivity contribution in [1.29, 1.82) is 0 Å². The summed E-state index contributed by atoms with van der Waals surface area (Å²) in [6.45, 7) is 4.12. The number of nitrogens with zero attached hydrogens (tertiary/aromatic N) is 4. The molecule has 0 fully saturated rings. The predicted octanol–water partition coefficient (Wildman–Crippen LogP) is 4.96. The number of benzene rings is 2. The lowest BCUT2D eigenvalue weighted by atomic mass is 9.92. The molecule has 2 aromatic carbocycles. The number of H-pyrrole nitrogens is 1.